The molecule has 0 aromatic rings. The van der Waals surface area contributed by atoms with Gasteiger partial charge in [-0.1, -0.05) is 32.1 Å². The van der Waals surface area contributed by atoms with Crippen LogP contribution in [0, 0.1) is 23.2 Å². The first-order valence-corrected chi connectivity index (χ1v) is 9.11. The van der Waals surface area contributed by atoms with Crippen LogP contribution in [0.2, 0.25) is 0 Å². The van der Waals surface area contributed by atoms with E-state index in [1.807, 2.05) is 4.90 Å². The first kappa shape index (κ1) is 16.6. The van der Waals surface area contributed by atoms with Crippen LogP contribution in [-0.4, -0.2) is 54.1 Å². The summed E-state index contributed by atoms with van der Waals surface area (Å²) in [5, 5.41) is 9.92. The smallest absolute Gasteiger partial charge is 0.319 e. The van der Waals surface area contributed by atoms with Crippen molar-refractivity contribution in [2.75, 3.05) is 27.2 Å². The van der Waals surface area contributed by atoms with Crippen LogP contribution in [-0.2, 0) is 4.79 Å². The topological polar surface area (TPSA) is 60.9 Å². The molecule has 0 radical (unpaired) electrons. The molecule has 1 saturated heterocycles. The second-order valence-corrected chi connectivity index (χ2v) is 8.30. The number of aliphatic carboxylic acids is 1. The Morgan fingerprint density at radius 2 is 1.65 bits per heavy atom. The third kappa shape index (κ3) is 3.20. The maximum absolute atomic E-state index is 12.1. The van der Waals surface area contributed by atoms with Crippen molar-refractivity contribution in [3.8, 4) is 0 Å². The Morgan fingerprint density at radius 1 is 1.09 bits per heavy atom. The van der Waals surface area contributed by atoms with Gasteiger partial charge in [0.05, 0.1) is 5.41 Å². The molecule has 23 heavy (non-hydrogen) atoms. The van der Waals surface area contributed by atoms with Crippen molar-refractivity contribution >= 4 is 12.0 Å². The second-order valence-electron chi connectivity index (χ2n) is 8.30. The lowest BCUT2D eigenvalue weighted by molar-refractivity contribution is -0.150. The average molecular weight is 322 g/mol. The van der Waals surface area contributed by atoms with Gasteiger partial charge in [0.2, 0.25) is 0 Å². The number of carboxylic acid groups (broad SMARTS) is 1. The van der Waals surface area contributed by atoms with Gasteiger partial charge in [0.15, 0.2) is 0 Å². The highest BCUT2D eigenvalue weighted by molar-refractivity contribution is 5.76. The van der Waals surface area contributed by atoms with Gasteiger partial charge in [0.25, 0.3) is 0 Å². The van der Waals surface area contributed by atoms with Crippen LogP contribution in [0.4, 0.5) is 4.79 Å². The van der Waals surface area contributed by atoms with Crippen LogP contribution in [0.1, 0.15) is 51.4 Å². The molecule has 1 unspecified atom stereocenters. The number of carbonyl (C=O) groups is 2. The van der Waals surface area contributed by atoms with E-state index in [-0.39, 0.29) is 6.03 Å². The van der Waals surface area contributed by atoms with Gasteiger partial charge in [-0.2, -0.15) is 0 Å². The van der Waals surface area contributed by atoms with Crippen molar-refractivity contribution in [3.63, 3.8) is 0 Å². The maximum atomic E-state index is 12.1. The molecule has 3 fully saturated rings. The van der Waals surface area contributed by atoms with Crippen LogP contribution in [0.3, 0.4) is 0 Å². The van der Waals surface area contributed by atoms with E-state index in [0.717, 1.165) is 32.4 Å². The average Bonchev–Trinajstić information content (AvgIpc) is 3.03. The molecule has 0 bridgehead atoms. The molecular weight excluding hydrogens is 292 g/mol. The molecule has 3 rings (SSSR count). The minimum Gasteiger partial charge on any atom is -0.481 e. The summed E-state index contributed by atoms with van der Waals surface area (Å²) in [6.45, 7) is 1.47. The number of rotatable bonds is 3. The summed E-state index contributed by atoms with van der Waals surface area (Å²) < 4.78 is 0. The minimum atomic E-state index is -0.594. The maximum Gasteiger partial charge on any atom is 0.319 e. The van der Waals surface area contributed by atoms with Crippen LogP contribution in [0.15, 0.2) is 0 Å². The Bertz CT molecular complexity index is 457. The molecule has 0 aromatic carbocycles. The highest BCUT2D eigenvalue weighted by atomic mass is 16.4. The molecule has 2 saturated carbocycles. The number of nitrogens with zero attached hydrogens (tertiary/aromatic N) is 2. The molecule has 2 amide bonds. The fourth-order valence-corrected chi connectivity index (χ4v) is 5.30. The van der Waals surface area contributed by atoms with Crippen LogP contribution >= 0.6 is 0 Å². The lowest BCUT2D eigenvalue weighted by Gasteiger charge is -2.33. The second kappa shape index (κ2) is 6.33. The first-order chi connectivity index (χ1) is 10.9. The molecule has 2 aliphatic carbocycles. The van der Waals surface area contributed by atoms with E-state index in [4.69, 9.17) is 0 Å². The largest absolute Gasteiger partial charge is 0.481 e. The standard InChI is InChI=1S/C18H30N2O3/c1-19(2)17(23)20-11-14-9-18(16(21)22,10-15(14)12-20)8-13-6-4-3-5-7-13/h13-15H,3-12H2,1-2H3,(H,21,22)/t14-,15+,18?. The number of carbonyl (C=O) groups excluding carboxylic acids is 1. The monoisotopic (exact) mass is 322 g/mol. The van der Waals surface area contributed by atoms with Crippen molar-refractivity contribution in [1.29, 1.82) is 0 Å². The summed E-state index contributed by atoms with van der Waals surface area (Å²) >= 11 is 0. The van der Waals surface area contributed by atoms with Crippen LogP contribution in [0.25, 0.3) is 0 Å². The highest BCUT2D eigenvalue weighted by Crippen LogP contribution is 2.53. The van der Waals surface area contributed by atoms with E-state index in [1.54, 1.807) is 19.0 Å². The first-order valence-electron chi connectivity index (χ1n) is 9.11. The number of carboxylic acids is 1. The van der Waals surface area contributed by atoms with Gasteiger partial charge < -0.3 is 14.9 Å². The Morgan fingerprint density at radius 3 is 2.13 bits per heavy atom. The summed E-state index contributed by atoms with van der Waals surface area (Å²) in [4.78, 5) is 27.7. The predicted octanol–water partition coefficient (Wildman–Crippen LogP) is 3.05. The molecule has 1 N–H and O–H groups in total. The third-order valence-electron chi connectivity index (χ3n) is 6.39. The van der Waals surface area contributed by atoms with Crippen LogP contribution in [0.5, 0.6) is 0 Å². The van der Waals surface area contributed by atoms with Crippen molar-refractivity contribution < 1.29 is 14.7 Å². The van der Waals surface area contributed by atoms with Gasteiger partial charge in [0.1, 0.15) is 0 Å². The van der Waals surface area contributed by atoms with Crippen molar-refractivity contribution in [2.24, 2.45) is 23.2 Å². The third-order valence-corrected chi connectivity index (χ3v) is 6.39. The molecule has 3 atom stereocenters. The number of hydrogen-bond donors (Lipinski definition) is 1. The Balaban J connectivity index is 1.65. The normalized spacial score (nSPS) is 34.4. The lowest BCUT2D eigenvalue weighted by Crippen LogP contribution is -2.40. The molecular formula is C18H30N2O3. The molecule has 0 spiro atoms. The van der Waals surface area contributed by atoms with E-state index in [2.05, 4.69) is 0 Å². The van der Waals surface area contributed by atoms with Gasteiger partial charge in [-0.25, -0.2) is 4.79 Å². The fourth-order valence-electron chi connectivity index (χ4n) is 5.30. The SMILES string of the molecule is CN(C)C(=O)N1C[C@@H]2CC(CC3CCCCC3)(C(=O)O)C[C@@H]2C1. The Hall–Kier alpha value is -1.26. The van der Waals surface area contributed by atoms with Gasteiger partial charge in [-0.15, -0.1) is 0 Å². The fraction of sp³-hybridized carbons (Fsp3) is 0.889. The number of amides is 2. The quantitative estimate of drug-likeness (QED) is 0.868. The summed E-state index contributed by atoms with van der Waals surface area (Å²) in [7, 11) is 3.56. The lowest BCUT2D eigenvalue weighted by atomic mass is 9.72. The summed E-state index contributed by atoms with van der Waals surface area (Å²) in [5.74, 6) is 0.748. The predicted molar refractivity (Wildman–Crippen MR) is 88.1 cm³/mol. The zero-order chi connectivity index (χ0) is 16.6. The molecule has 5 nitrogen and oxygen atoms in total. The summed E-state index contributed by atoms with van der Waals surface area (Å²) in [5.41, 5.74) is -0.523. The number of likely N-dealkylation sites (tertiary alicyclic amines) is 1. The molecule has 0 aromatic heterocycles. The van der Waals surface area contributed by atoms with E-state index >= 15 is 0 Å². The van der Waals surface area contributed by atoms with E-state index < -0.39 is 11.4 Å². The van der Waals surface area contributed by atoms with Gasteiger partial charge in [-0.3, -0.25) is 4.79 Å². The molecule has 1 heterocycles. The van der Waals surface area contributed by atoms with E-state index in [0.29, 0.717) is 17.8 Å². The molecule has 130 valence electrons. The number of urea groups is 1. The van der Waals surface area contributed by atoms with Crippen molar-refractivity contribution in [1.82, 2.24) is 9.80 Å². The van der Waals surface area contributed by atoms with E-state index in [9.17, 15) is 14.7 Å². The van der Waals surface area contributed by atoms with Crippen molar-refractivity contribution in [3.05, 3.63) is 0 Å². The molecule has 5 heteroatoms. The summed E-state index contributed by atoms with van der Waals surface area (Å²) in [6.07, 6.45) is 8.63. The number of hydrogen-bond acceptors (Lipinski definition) is 2. The van der Waals surface area contributed by atoms with E-state index in [1.165, 1.54) is 32.1 Å². The van der Waals surface area contributed by atoms with Crippen molar-refractivity contribution in [2.45, 2.75) is 51.4 Å². The molecule has 3 aliphatic rings. The number of fused-ring (bicyclic) bond motifs is 1. The van der Waals surface area contributed by atoms with Crippen LogP contribution < -0.4 is 0 Å². The van der Waals surface area contributed by atoms with Gasteiger partial charge >= 0.3 is 12.0 Å². The highest BCUT2D eigenvalue weighted by Gasteiger charge is 2.54. The molecule has 1 aliphatic heterocycles. The minimum absolute atomic E-state index is 0.0626. The van der Waals surface area contributed by atoms with Gasteiger partial charge in [0, 0.05) is 27.2 Å². The zero-order valence-corrected chi connectivity index (χ0v) is 14.5. The van der Waals surface area contributed by atoms with Gasteiger partial charge in [-0.05, 0) is 37.0 Å². The Kier molecular flexibility index (Phi) is 4.56. The summed E-state index contributed by atoms with van der Waals surface area (Å²) in [6, 6.07) is 0.0626. The zero-order valence-electron chi connectivity index (χ0n) is 14.5. The Labute approximate surface area is 139 Å².